The molecule has 0 atom stereocenters. The van der Waals surface area contributed by atoms with Crippen LogP contribution in [0.2, 0.25) is 0 Å². The van der Waals surface area contributed by atoms with Gasteiger partial charge in [-0.05, 0) is 30.2 Å². The van der Waals surface area contributed by atoms with Crippen LogP contribution in [0.3, 0.4) is 0 Å². The summed E-state index contributed by atoms with van der Waals surface area (Å²) in [6.07, 6.45) is 0.881. The quantitative estimate of drug-likeness (QED) is 0.745. The first-order valence-corrected chi connectivity index (χ1v) is 7.02. The van der Waals surface area contributed by atoms with Crippen molar-refractivity contribution in [1.82, 2.24) is 19.8 Å². The van der Waals surface area contributed by atoms with Gasteiger partial charge in [0.15, 0.2) is 5.82 Å². The number of fused-ring (bicyclic) bond motifs is 1. The second-order valence-electron chi connectivity index (χ2n) is 4.94. The number of anilines is 1. The first-order valence-electron chi connectivity index (χ1n) is 6.20. The molecule has 1 aromatic carbocycles. The zero-order valence-electron chi connectivity index (χ0n) is 10.9. The molecule has 0 radical (unpaired) electrons. The zero-order valence-corrected chi connectivity index (χ0v) is 11.7. The molecule has 0 aliphatic rings. The number of nitrogens with two attached hydrogens (primary N) is 1. The second kappa shape index (κ2) is 4.62. The molecular weight excluding hydrogens is 258 g/mol. The maximum Gasteiger partial charge on any atom is 0.234 e. The molecule has 6 heteroatoms. The van der Waals surface area contributed by atoms with E-state index in [9.17, 15) is 0 Å². The maximum absolute atomic E-state index is 5.69. The third-order valence-corrected chi connectivity index (χ3v) is 3.75. The Morgan fingerprint density at radius 2 is 1.95 bits per heavy atom. The molecule has 2 heterocycles. The van der Waals surface area contributed by atoms with E-state index in [4.69, 9.17) is 5.73 Å². The molecule has 3 aromatic rings. The van der Waals surface area contributed by atoms with E-state index in [0.717, 1.165) is 33.5 Å². The third kappa shape index (κ3) is 2.31. The van der Waals surface area contributed by atoms with Gasteiger partial charge < -0.3 is 5.73 Å². The lowest BCUT2D eigenvalue weighted by molar-refractivity contribution is 0.607. The van der Waals surface area contributed by atoms with Gasteiger partial charge in [-0.2, -0.15) is 9.61 Å². The van der Waals surface area contributed by atoms with Crippen molar-refractivity contribution < 1.29 is 0 Å². The molecule has 5 nitrogen and oxygen atoms in total. The van der Waals surface area contributed by atoms with Gasteiger partial charge in [0.05, 0.1) is 0 Å². The molecule has 0 bridgehead atoms. The minimum absolute atomic E-state index is 0.536. The minimum atomic E-state index is 0.536. The highest BCUT2D eigenvalue weighted by Gasteiger charge is 2.13. The van der Waals surface area contributed by atoms with Crippen LogP contribution in [-0.4, -0.2) is 19.8 Å². The fraction of sp³-hybridized carbons (Fsp3) is 0.308. The van der Waals surface area contributed by atoms with E-state index in [1.807, 2.05) is 28.8 Å². The zero-order chi connectivity index (χ0) is 13.4. The lowest BCUT2D eigenvalue weighted by Gasteiger charge is -1.99. The topological polar surface area (TPSA) is 69.1 Å². The Hall–Kier alpha value is -1.95. The average molecular weight is 273 g/mol. The Balaban J connectivity index is 2.02. The van der Waals surface area contributed by atoms with Crippen molar-refractivity contribution in [3.8, 4) is 10.6 Å². The van der Waals surface area contributed by atoms with E-state index >= 15 is 0 Å². The molecule has 0 unspecified atom stereocenters. The van der Waals surface area contributed by atoms with E-state index < -0.39 is 0 Å². The Labute approximate surface area is 115 Å². The number of hydrogen-bond acceptors (Lipinski definition) is 5. The number of rotatable bonds is 3. The van der Waals surface area contributed by atoms with Crippen molar-refractivity contribution >= 4 is 22.0 Å². The molecule has 0 fully saturated rings. The van der Waals surface area contributed by atoms with Crippen molar-refractivity contribution in [3.05, 3.63) is 30.1 Å². The largest absolute Gasteiger partial charge is 0.399 e. The normalized spacial score (nSPS) is 11.5. The van der Waals surface area contributed by atoms with Crippen LogP contribution in [0, 0.1) is 5.92 Å². The Kier molecular flexibility index (Phi) is 2.94. The van der Waals surface area contributed by atoms with Crippen molar-refractivity contribution in [1.29, 1.82) is 0 Å². The molecule has 0 saturated heterocycles. The first kappa shape index (κ1) is 12.1. The van der Waals surface area contributed by atoms with E-state index in [1.54, 1.807) is 11.3 Å². The standard InChI is InChI=1S/C13H15N5S/c1-8(2)7-11-15-16-13-18(11)17-12(19-13)9-3-5-10(14)6-4-9/h3-6,8H,7,14H2,1-2H3. The summed E-state index contributed by atoms with van der Waals surface area (Å²) in [4.78, 5) is 0.836. The highest BCUT2D eigenvalue weighted by atomic mass is 32.1. The van der Waals surface area contributed by atoms with Crippen LogP contribution in [0.4, 0.5) is 5.69 Å². The number of nitrogen functional groups attached to an aromatic ring is 1. The van der Waals surface area contributed by atoms with Crippen LogP contribution in [-0.2, 0) is 6.42 Å². The molecular formula is C13H15N5S. The summed E-state index contributed by atoms with van der Waals surface area (Å²) in [6.45, 7) is 4.32. The molecule has 0 aliphatic heterocycles. The SMILES string of the molecule is CC(C)Cc1nnc2sc(-c3ccc(N)cc3)nn12. The fourth-order valence-electron chi connectivity index (χ4n) is 1.89. The summed E-state index contributed by atoms with van der Waals surface area (Å²) >= 11 is 1.54. The number of hydrogen-bond donors (Lipinski definition) is 1. The number of benzene rings is 1. The molecule has 98 valence electrons. The second-order valence-corrected chi connectivity index (χ2v) is 5.89. The van der Waals surface area contributed by atoms with Gasteiger partial charge in [0, 0.05) is 17.7 Å². The molecule has 0 spiro atoms. The number of aromatic nitrogens is 4. The summed E-state index contributed by atoms with van der Waals surface area (Å²) in [5.74, 6) is 1.46. The molecule has 3 rings (SSSR count). The molecule has 2 N–H and O–H groups in total. The highest BCUT2D eigenvalue weighted by molar-refractivity contribution is 7.19. The van der Waals surface area contributed by atoms with Gasteiger partial charge in [0.1, 0.15) is 5.01 Å². The van der Waals surface area contributed by atoms with Crippen LogP contribution < -0.4 is 5.73 Å². The van der Waals surface area contributed by atoms with E-state index in [2.05, 4.69) is 29.1 Å². The number of nitrogens with zero attached hydrogens (tertiary/aromatic N) is 4. The van der Waals surface area contributed by atoms with Crippen molar-refractivity contribution in [3.63, 3.8) is 0 Å². The van der Waals surface area contributed by atoms with Gasteiger partial charge in [-0.3, -0.25) is 0 Å². The minimum Gasteiger partial charge on any atom is -0.399 e. The van der Waals surface area contributed by atoms with E-state index in [0.29, 0.717) is 5.92 Å². The monoisotopic (exact) mass is 273 g/mol. The lowest BCUT2D eigenvalue weighted by Crippen LogP contribution is -2.01. The van der Waals surface area contributed by atoms with Crippen LogP contribution in [0.25, 0.3) is 15.5 Å². The fourth-order valence-corrected chi connectivity index (χ4v) is 2.76. The summed E-state index contributed by atoms with van der Waals surface area (Å²) < 4.78 is 1.84. The highest BCUT2D eigenvalue weighted by Crippen LogP contribution is 2.26. The van der Waals surface area contributed by atoms with E-state index in [1.165, 1.54) is 0 Å². The maximum atomic E-state index is 5.69. The third-order valence-electron chi connectivity index (χ3n) is 2.80. The summed E-state index contributed by atoms with van der Waals surface area (Å²) in [5.41, 5.74) is 7.51. The average Bonchev–Trinajstić information content (AvgIpc) is 2.92. The molecule has 0 amide bonds. The van der Waals surface area contributed by atoms with Gasteiger partial charge in [0.2, 0.25) is 4.96 Å². The van der Waals surface area contributed by atoms with Crippen LogP contribution >= 0.6 is 11.3 Å². The van der Waals surface area contributed by atoms with Gasteiger partial charge in [-0.25, -0.2) is 0 Å². The Morgan fingerprint density at radius 3 is 2.63 bits per heavy atom. The Morgan fingerprint density at radius 1 is 1.21 bits per heavy atom. The van der Waals surface area contributed by atoms with Gasteiger partial charge in [-0.1, -0.05) is 25.2 Å². The predicted molar refractivity (Wildman–Crippen MR) is 77.0 cm³/mol. The van der Waals surface area contributed by atoms with Crippen molar-refractivity contribution in [2.75, 3.05) is 5.73 Å². The van der Waals surface area contributed by atoms with Gasteiger partial charge in [0.25, 0.3) is 0 Å². The van der Waals surface area contributed by atoms with Crippen molar-refractivity contribution in [2.45, 2.75) is 20.3 Å². The summed E-state index contributed by atoms with van der Waals surface area (Å²) in [5, 5.41) is 13.9. The smallest absolute Gasteiger partial charge is 0.234 e. The molecule has 0 aliphatic carbocycles. The van der Waals surface area contributed by atoms with Gasteiger partial charge >= 0.3 is 0 Å². The van der Waals surface area contributed by atoms with Crippen LogP contribution in [0.15, 0.2) is 24.3 Å². The van der Waals surface area contributed by atoms with E-state index in [-0.39, 0.29) is 0 Å². The predicted octanol–water partition coefficient (Wildman–Crippen LogP) is 2.63. The Bertz CT molecular complexity index is 695. The van der Waals surface area contributed by atoms with Crippen LogP contribution in [0.1, 0.15) is 19.7 Å². The van der Waals surface area contributed by atoms with Crippen molar-refractivity contribution in [2.24, 2.45) is 5.92 Å². The summed E-state index contributed by atoms with van der Waals surface area (Å²) in [6, 6.07) is 7.71. The first-order chi connectivity index (χ1) is 9.13. The molecule has 0 saturated carbocycles. The molecule has 2 aromatic heterocycles. The lowest BCUT2D eigenvalue weighted by atomic mass is 10.1. The molecule has 19 heavy (non-hydrogen) atoms. The van der Waals surface area contributed by atoms with Gasteiger partial charge in [-0.15, -0.1) is 10.2 Å². The van der Waals surface area contributed by atoms with Crippen LogP contribution in [0.5, 0.6) is 0 Å². The summed E-state index contributed by atoms with van der Waals surface area (Å²) in [7, 11) is 0.